The Hall–Kier alpha value is -0.650. The molecular formula is C31H54O12S3. The average Bonchev–Trinajstić information content (AvgIpc) is 3.22. The minimum absolute atomic E-state index is 0.0217. The van der Waals surface area contributed by atoms with Crippen molar-refractivity contribution in [3.05, 3.63) is 11.6 Å². The first-order chi connectivity index (χ1) is 20.8. The molecule has 0 aromatic heterocycles. The van der Waals surface area contributed by atoms with E-state index in [2.05, 4.69) is 54.5 Å². The fourth-order valence-corrected chi connectivity index (χ4v) is 11.8. The summed E-state index contributed by atoms with van der Waals surface area (Å²) < 4.78 is 115. The van der Waals surface area contributed by atoms with Crippen molar-refractivity contribution in [1.29, 1.82) is 0 Å². The summed E-state index contributed by atoms with van der Waals surface area (Å²) in [5.41, 5.74) is 0.611. The second-order valence-corrected chi connectivity index (χ2v) is 19.2. The third kappa shape index (κ3) is 7.88. The standard InChI is InChI=1S/C31H54O12S3/c1-18(2)29(5,6)20(4)10-9-19(3)22-11-12-23-21-15-26(41-44(32,33)34)25-16-27(42-45(35,36)37)28(43-46(38,39)40)17-31(25,8)24(21)13-14-30(22,23)7/h10,18-19,21-28H,9,11-17H2,1-8H3,(H,32,33,34)(H,35,36,37)(H,38,39,40)/b20-10+/t19-,21?,22-,23?,24?,25?,26+,27+,28+,30-,31-/m1/s1. The molecule has 12 nitrogen and oxygen atoms in total. The highest BCUT2D eigenvalue weighted by Crippen LogP contribution is 2.69. The first-order valence-corrected chi connectivity index (χ1v) is 20.5. The maximum atomic E-state index is 12.1. The van der Waals surface area contributed by atoms with Crippen LogP contribution < -0.4 is 0 Å². The Balaban J connectivity index is 1.67. The van der Waals surface area contributed by atoms with Gasteiger partial charge in [-0.25, -0.2) is 12.5 Å². The molecule has 0 spiro atoms. The molecule has 268 valence electrons. The number of rotatable bonds is 11. The Morgan fingerprint density at radius 1 is 0.783 bits per heavy atom. The molecule has 4 saturated carbocycles. The monoisotopic (exact) mass is 714 g/mol. The minimum Gasteiger partial charge on any atom is -0.264 e. The molecule has 0 heterocycles. The van der Waals surface area contributed by atoms with Gasteiger partial charge in [0.2, 0.25) is 0 Å². The van der Waals surface area contributed by atoms with E-state index in [-0.39, 0.29) is 41.4 Å². The lowest BCUT2D eigenvalue weighted by molar-refractivity contribution is -0.183. The number of allylic oxidation sites excluding steroid dienone is 2. The van der Waals surface area contributed by atoms with Crippen molar-refractivity contribution in [2.24, 2.45) is 57.7 Å². The molecule has 15 heteroatoms. The summed E-state index contributed by atoms with van der Waals surface area (Å²) in [5, 5.41) is 0. The van der Waals surface area contributed by atoms with E-state index >= 15 is 0 Å². The van der Waals surface area contributed by atoms with E-state index in [1.165, 1.54) is 5.57 Å². The van der Waals surface area contributed by atoms with Crippen molar-refractivity contribution < 1.29 is 51.5 Å². The summed E-state index contributed by atoms with van der Waals surface area (Å²) in [6.07, 6.45) is 2.85. The van der Waals surface area contributed by atoms with Gasteiger partial charge in [0.25, 0.3) is 0 Å². The molecule has 0 aliphatic heterocycles. The highest BCUT2D eigenvalue weighted by atomic mass is 32.3. The molecule has 4 unspecified atom stereocenters. The molecule has 0 saturated heterocycles. The van der Waals surface area contributed by atoms with Crippen LogP contribution in [0.4, 0.5) is 0 Å². The molecule has 4 rings (SSSR count). The molecule has 3 N–H and O–H groups in total. The maximum absolute atomic E-state index is 12.1. The van der Waals surface area contributed by atoms with E-state index in [1.807, 2.05) is 6.92 Å². The lowest BCUT2D eigenvalue weighted by Crippen LogP contribution is -2.62. The number of hydrogen-bond donors (Lipinski definition) is 3. The maximum Gasteiger partial charge on any atom is 0.397 e. The van der Waals surface area contributed by atoms with Gasteiger partial charge in [-0.15, -0.1) is 0 Å². The second-order valence-electron chi connectivity index (χ2n) is 16.1. The fourth-order valence-electron chi connectivity index (χ4n) is 10.3. The van der Waals surface area contributed by atoms with E-state index in [0.29, 0.717) is 24.2 Å². The summed E-state index contributed by atoms with van der Waals surface area (Å²) in [7, 11) is -15.0. The predicted octanol–water partition coefficient (Wildman–Crippen LogP) is 6.08. The van der Waals surface area contributed by atoms with Gasteiger partial charge < -0.3 is 0 Å². The number of hydrogen-bond acceptors (Lipinski definition) is 9. The van der Waals surface area contributed by atoms with Crippen molar-refractivity contribution in [2.75, 3.05) is 0 Å². The molecule has 11 atom stereocenters. The molecule has 0 amide bonds. The summed E-state index contributed by atoms with van der Waals surface area (Å²) in [4.78, 5) is 0. The Morgan fingerprint density at radius 2 is 1.30 bits per heavy atom. The van der Waals surface area contributed by atoms with E-state index in [4.69, 9.17) is 12.5 Å². The van der Waals surface area contributed by atoms with Gasteiger partial charge in [-0.05, 0) is 116 Å². The fraction of sp³-hybridized carbons (Fsp3) is 0.935. The van der Waals surface area contributed by atoms with Gasteiger partial charge in [0.1, 0.15) is 12.2 Å². The lowest BCUT2D eigenvalue weighted by atomic mass is 9.43. The van der Waals surface area contributed by atoms with Crippen LogP contribution in [-0.4, -0.2) is 57.2 Å². The second kappa shape index (κ2) is 12.9. The lowest BCUT2D eigenvalue weighted by Gasteiger charge is -2.63. The molecular weight excluding hydrogens is 661 g/mol. The van der Waals surface area contributed by atoms with Crippen LogP contribution in [0, 0.1) is 57.7 Å². The van der Waals surface area contributed by atoms with E-state index < -0.39 is 60.8 Å². The van der Waals surface area contributed by atoms with Crippen molar-refractivity contribution in [2.45, 2.75) is 125 Å². The highest BCUT2D eigenvalue weighted by Gasteiger charge is 2.65. The van der Waals surface area contributed by atoms with Crippen molar-refractivity contribution in [3.8, 4) is 0 Å². The number of fused-ring (bicyclic) bond motifs is 5. The van der Waals surface area contributed by atoms with Crippen LogP contribution in [0.2, 0.25) is 0 Å². The molecule has 4 aliphatic rings. The highest BCUT2D eigenvalue weighted by molar-refractivity contribution is 7.81. The van der Waals surface area contributed by atoms with Crippen molar-refractivity contribution in [3.63, 3.8) is 0 Å². The SMILES string of the molecule is C/C(=C\C[C@@H](C)[C@H]1CCC2C3C[C@H](OS(=O)(=O)O)C4C[C@H](OS(=O)(=O)O)[C@@H](OS(=O)(=O)O)C[C@]4(C)C3CC[C@@]21C)C(C)(C)C(C)C. The van der Waals surface area contributed by atoms with Gasteiger partial charge in [-0.1, -0.05) is 60.1 Å². The summed E-state index contributed by atoms with van der Waals surface area (Å²) in [5.74, 6) is 0.836. The topological polar surface area (TPSA) is 191 Å². The molecule has 4 fully saturated rings. The average molecular weight is 715 g/mol. The van der Waals surface area contributed by atoms with Gasteiger partial charge in [0.15, 0.2) is 0 Å². The zero-order valence-electron chi connectivity index (χ0n) is 28.2. The Labute approximate surface area is 276 Å². The largest absolute Gasteiger partial charge is 0.397 e. The smallest absolute Gasteiger partial charge is 0.264 e. The van der Waals surface area contributed by atoms with Crippen LogP contribution in [0.3, 0.4) is 0 Å². The molecule has 0 aromatic rings. The predicted molar refractivity (Wildman–Crippen MR) is 171 cm³/mol. The van der Waals surface area contributed by atoms with Crippen LogP contribution in [0.1, 0.15) is 107 Å². The van der Waals surface area contributed by atoms with Crippen LogP contribution in [0.25, 0.3) is 0 Å². The van der Waals surface area contributed by atoms with Gasteiger partial charge in [0.05, 0.1) is 6.10 Å². The van der Waals surface area contributed by atoms with Gasteiger partial charge in [-0.3, -0.25) is 13.7 Å². The summed E-state index contributed by atoms with van der Waals surface area (Å²) in [6.45, 7) is 17.8. The Kier molecular flexibility index (Phi) is 10.7. The molecule has 0 radical (unpaired) electrons. The van der Waals surface area contributed by atoms with Crippen LogP contribution in [-0.2, 0) is 43.7 Å². The van der Waals surface area contributed by atoms with Gasteiger partial charge in [0, 0.05) is 0 Å². The van der Waals surface area contributed by atoms with Gasteiger partial charge >= 0.3 is 31.2 Å². The van der Waals surface area contributed by atoms with Crippen molar-refractivity contribution in [1.82, 2.24) is 0 Å². The molecule has 46 heavy (non-hydrogen) atoms. The van der Waals surface area contributed by atoms with Crippen LogP contribution >= 0.6 is 0 Å². The molecule has 4 aliphatic carbocycles. The zero-order chi connectivity index (χ0) is 34.8. The Morgan fingerprint density at radius 3 is 1.85 bits per heavy atom. The first kappa shape index (κ1) is 38.2. The van der Waals surface area contributed by atoms with Gasteiger partial charge in [-0.2, -0.15) is 25.3 Å². The summed E-state index contributed by atoms with van der Waals surface area (Å²) >= 11 is 0. The molecule has 0 bridgehead atoms. The third-order valence-electron chi connectivity index (χ3n) is 13.4. The first-order valence-electron chi connectivity index (χ1n) is 16.4. The minimum atomic E-state index is -5.07. The zero-order valence-corrected chi connectivity index (χ0v) is 30.7. The third-order valence-corrected chi connectivity index (χ3v) is 14.8. The van der Waals surface area contributed by atoms with Crippen LogP contribution in [0.15, 0.2) is 11.6 Å². The van der Waals surface area contributed by atoms with E-state index in [0.717, 1.165) is 32.1 Å². The normalized spacial score (nSPS) is 39.9. The summed E-state index contributed by atoms with van der Waals surface area (Å²) in [6, 6.07) is 0. The van der Waals surface area contributed by atoms with E-state index in [1.54, 1.807) is 0 Å². The van der Waals surface area contributed by atoms with Crippen LogP contribution in [0.5, 0.6) is 0 Å². The Bertz CT molecular complexity index is 1490. The molecule has 0 aromatic carbocycles. The van der Waals surface area contributed by atoms with E-state index in [9.17, 15) is 38.9 Å². The van der Waals surface area contributed by atoms with Crippen molar-refractivity contribution >= 4 is 31.2 Å². The quantitative estimate of drug-likeness (QED) is 0.165.